The molecule has 0 aromatic carbocycles. The zero-order valence-corrected chi connectivity index (χ0v) is 18.0. The molecule has 6 nitrogen and oxygen atoms in total. The Morgan fingerprint density at radius 1 is 1.29 bits per heavy atom. The van der Waals surface area contributed by atoms with E-state index >= 15 is 0 Å². The average molecular weight is 416 g/mol. The van der Waals surface area contributed by atoms with Crippen molar-refractivity contribution in [2.45, 2.75) is 57.5 Å². The van der Waals surface area contributed by atoms with E-state index < -0.39 is 0 Å². The molecular formula is C20H25N5OS2. The van der Waals surface area contributed by atoms with E-state index in [2.05, 4.69) is 28.4 Å². The maximum atomic E-state index is 12.5. The topological polar surface area (TPSA) is 63.4 Å². The second-order valence-corrected chi connectivity index (χ2v) is 9.96. The number of hydrogen-bond acceptors (Lipinski definition) is 6. The van der Waals surface area contributed by atoms with Gasteiger partial charge in [0, 0.05) is 24.4 Å². The van der Waals surface area contributed by atoms with Crippen LogP contribution in [0.15, 0.2) is 5.16 Å². The predicted molar refractivity (Wildman–Crippen MR) is 113 cm³/mol. The lowest BCUT2D eigenvalue weighted by molar-refractivity contribution is -0.127. The van der Waals surface area contributed by atoms with Crippen LogP contribution in [-0.4, -0.2) is 49.2 Å². The number of carbonyl (C=O) groups is 1. The molecule has 28 heavy (non-hydrogen) atoms. The number of carbonyl (C=O) groups excluding carboxylic acids is 1. The number of thioether (sulfide) groups is 1. The minimum absolute atomic E-state index is 0.202. The Bertz CT molecular complexity index is 1050. The summed E-state index contributed by atoms with van der Waals surface area (Å²) in [5, 5.41) is 11.0. The molecule has 1 aliphatic heterocycles. The quantitative estimate of drug-likeness (QED) is 0.608. The first-order valence-electron chi connectivity index (χ1n) is 10.2. The van der Waals surface area contributed by atoms with Gasteiger partial charge in [0.25, 0.3) is 0 Å². The number of aryl methyl sites for hydroxylation is 2. The Hall–Kier alpha value is -1.67. The van der Waals surface area contributed by atoms with Gasteiger partial charge in [0.1, 0.15) is 10.7 Å². The summed E-state index contributed by atoms with van der Waals surface area (Å²) in [5.41, 5.74) is 2.35. The standard InChI is InChI=1S/C20H25N5OS2/c1-3-15-21-19-17(13-7-6-12(2)10-14(13)28-19)18-22-23-20(25(15)18)27-11-16(26)24-8-4-5-9-24/h12H,3-11H2,1-2H3. The first kappa shape index (κ1) is 18.4. The summed E-state index contributed by atoms with van der Waals surface area (Å²) in [7, 11) is 0. The SMILES string of the molecule is CCc1nc2sc3c(c2c2nnc(SCC(=O)N4CCCC4)n12)CCC(C)C3. The number of thiophene rings is 1. The van der Waals surface area contributed by atoms with E-state index in [0.717, 1.165) is 72.6 Å². The summed E-state index contributed by atoms with van der Waals surface area (Å²) < 4.78 is 2.09. The van der Waals surface area contributed by atoms with Crippen molar-refractivity contribution in [1.82, 2.24) is 24.5 Å². The van der Waals surface area contributed by atoms with Gasteiger partial charge >= 0.3 is 0 Å². The number of amides is 1. The number of fused-ring (bicyclic) bond motifs is 5. The average Bonchev–Trinajstić information content (AvgIpc) is 3.42. The van der Waals surface area contributed by atoms with Crippen LogP contribution in [0.25, 0.3) is 15.9 Å². The molecule has 0 spiro atoms. The fourth-order valence-electron chi connectivity index (χ4n) is 4.39. The molecule has 0 N–H and O–H groups in total. The molecule has 3 aromatic heterocycles. The summed E-state index contributed by atoms with van der Waals surface area (Å²) >= 11 is 3.32. The van der Waals surface area contributed by atoms with Crippen molar-refractivity contribution < 1.29 is 4.79 Å². The molecule has 1 aliphatic carbocycles. The number of hydrogen-bond donors (Lipinski definition) is 0. The lowest BCUT2D eigenvalue weighted by Crippen LogP contribution is -2.29. The van der Waals surface area contributed by atoms with Crippen LogP contribution in [-0.2, 0) is 24.1 Å². The van der Waals surface area contributed by atoms with Crippen molar-refractivity contribution in [1.29, 1.82) is 0 Å². The molecular weight excluding hydrogens is 390 g/mol. The molecule has 1 saturated heterocycles. The predicted octanol–water partition coefficient (Wildman–Crippen LogP) is 3.74. The Morgan fingerprint density at radius 3 is 2.89 bits per heavy atom. The maximum Gasteiger partial charge on any atom is 0.233 e. The van der Waals surface area contributed by atoms with Crippen LogP contribution in [0.4, 0.5) is 0 Å². The zero-order chi connectivity index (χ0) is 19.3. The van der Waals surface area contributed by atoms with Gasteiger partial charge in [0.15, 0.2) is 10.8 Å². The highest BCUT2D eigenvalue weighted by Crippen LogP contribution is 2.39. The number of aromatic nitrogens is 4. The van der Waals surface area contributed by atoms with Crippen LogP contribution in [0.2, 0.25) is 0 Å². The lowest BCUT2D eigenvalue weighted by atomic mass is 9.89. The Balaban J connectivity index is 1.54. The van der Waals surface area contributed by atoms with Crippen LogP contribution in [0, 0.1) is 5.92 Å². The van der Waals surface area contributed by atoms with Crippen LogP contribution in [0.3, 0.4) is 0 Å². The number of likely N-dealkylation sites (tertiary alicyclic amines) is 1. The normalized spacial score (nSPS) is 19.6. The molecule has 4 heterocycles. The van der Waals surface area contributed by atoms with Gasteiger partial charge in [-0.1, -0.05) is 25.6 Å². The molecule has 3 aromatic rings. The van der Waals surface area contributed by atoms with Crippen molar-refractivity contribution >= 4 is 44.9 Å². The van der Waals surface area contributed by atoms with Crippen LogP contribution >= 0.6 is 23.1 Å². The van der Waals surface area contributed by atoms with Gasteiger partial charge in [-0.15, -0.1) is 21.5 Å². The molecule has 1 atom stereocenters. The zero-order valence-electron chi connectivity index (χ0n) is 16.4. The minimum Gasteiger partial charge on any atom is -0.342 e. The van der Waals surface area contributed by atoms with E-state index in [1.54, 1.807) is 0 Å². The summed E-state index contributed by atoms with van der Waals surface area (Å²) in [6, 6.07) is 0. The van der Waals surface area contributed by atoms with E-state index in [4.69, 9.17) is 4.98 Å². The second-order valence-electron chi connectivity index (χ2n) is 7.93. The molecule has 148 valence electrons. The summed E-state index contributed by atoms with van der Waals surface area (Å²) in [6.07, 6.45) is 6.52. The summed E-state index contributed by atoms with van der Waals surface area (Å²) in [5.74, 6) is 2.34. The van der Waals surface area contributed by atoms with Gasteiger partial charge in [-0.2, -0.15) is 0 Å². The minimum atomic E-state index is 0.202. The van der Waals surface area contributed by atoms with Crippen molar-refractivity contribution in [3.63, 3.8) is 0 Å². The molecule has 1 unspecified atom stereocenters. The van der Waals surface area contributed by atoms with E-state index in [1.807, 2.05) is 16.2 Å². The summed E-state index contributed by atoms with van der Waals surface area (Å²) in [4.78, 5) is 22.0. The third kappa shape index (κ3) is 3.01. The van der Waals surface area contributed by atoms with E-state index in [0.29, 0.717) is 5.75 Å². The van der Waals surface area contributed by atoms with E-state index in [9.17, 15) is 4.79 Å². The van der Waals surface area contributed by atoms with Gasteiger partial charge in [0.05, 0.1) is 11.1 Å². The molecule has 0 radical (unpaired) electrons. The third-order valence-electron chi connectivity index (χ3n) is 5.94. The first-order chi connectivity index (χ1) is 13.7. The van der Waals surface area contributed by atoms with E-state index in [-0.39, 0.29) is 5.91 Å². The lowest BCUT2D eigenvalue weighted by Gasteiger charge is -2.17. The maximum absolute atomic E-state index is 12.5. The van der Waals surface area contributed by atoms with Crippen LogP contribution in [0.5, 0.6) is 0 Å². The van der Waals surface area contributed by atoms with Crippen molar-refractivity contribution in [3.8, 4) is 0 Å². The highest BCUT2D eigenvalue weighted by Gasteiger charge is 2.26. The monoisotopic (exact) mass is 415 g/mol. The van der Waals surface area contributed by atoms with Crippen molar-refractivity contribution in [2.75, 3.05) is 18.8 Å². The van der Waals surface area contributed by atoms with Gasteiger partial charge in [-0.25, -0.2) is 4.98 Å². The fourth-order valence-corrected chi connectivity index (χ4v) is 6.64. The van der Waals surface area contributed by atoms with Crippen LogP contribution in [0.1, 0.15) is 49.4 Å². The number of rotatable bonds is 4. The van der Waals surface area contributed by atoms with Crippen molar-refractivity contribution in [3.05, 3.63) is 16.3 Å². The smallest absolute Gasteiger partial charge is 0.233 e. The molecule has 1 fully saturated rings. The highest BCUT2D eigenvalue weighted by molar-refractivity contribution is 7.99. The molecule has 2 aliphatic rings. The first-order valence-corrected chi connectivity index (χ1v) is 12.0. The Labute approximate surface area is 172 Å². The van der Waals surface area contributed by atoms with Crippen LogP contribution < -0.4 is 0 Å². The fraction of sp³-hybridized carbons (Fsp3) is 0.600. The van der Waals surface area contributed by atoms with Gasteiger partial charge in [-0.3, -0.25) is 9.20 Å². The van der Waals surface area contributed by atoms with Gasteiger partial charge in [-0.05, 0) is 43.6 Å². The Morgan fingerprint density at radius 2 is 2.11 bits per heavy atom. The second kappa shape index (κ2) is 7.30. The van der Waals surface area contributed by atoms with Crippen molar-refractivity contribution in [2.24, 2.45) is 5.92 Å². The molecule has 0 bridgehead atoms. The Kier molecular flexibility index (Phi) is 4.79. The summed E-state index contributed by atoms with van der Waals surface area (Å²) in [6.45, 7) is 6.23. The number of nitrogens with zero attached hydrogens (tertiary/aromatic N) is 5. The third-order valence-corrected chi connectivity index (χ3v) is 8.00. The largest absolute Gasteiger partial charge is 0.342 e. The van der Waals surface area contributed by atoms with Gasteiger partial charge < -0.3 is 4.90 Å². The molecule has 1 amide bonds. The molecule has 5 rings (SSSR count). The molecule has 0 saturated carbocycles. The van der Waals surface area contributed by atoms with E-state index in [1.165, 1.54) is 34.0 Å². The van der Waals surface area contributed by atoms with Gasteiger partial charge in [0.2, 0.25) is 5.91 Å². The molecule has 8 heteroatoms. The highest BCUT2D eigenvalue weighted by atomic mass is 32.2.